The van der Waals surface area contributed by atoms with Crippen molar-refractivity contribution < 1.29 is 14.3 Å². The standard InChI is InChI=1S/C13H15BrO3S/c14-12-5-4-10(18)7-11(12)13(15)17-8-9-3-1-2-6-16-9/h4-5,7,9,18H,1-3,6,8H2. The highest BCUT2D eigenvalue weighted by Crippen LogP contribution is 2.21. The van der Waals surface area contributed by atoms with Crippen LogP contribution in [-0.4, -0.2) is 25.3 Å². The van der Waals surface area contributed by atoms with E-state index in [1.165, 1.54) is 0 Å². The predicted molar refractivity (Wildman–Crippen MR) is 75.3 cm³/mol. The fraction of sp³-hybridized carbons (Fsp3) is 0.462. The third-order valence-electron chi connectivity index (χ3n) is 2.84. The highest BCUT2D eigenvalue weighted by atomic mass is 79.9. The van der Waals surface area contributed by atoms with E-state index in [9.17, 15) is 4.79 Å². The van der Waals surface area contributed by atoms with Crippen molar-refractivity contribution >= 4 is 34.5 Å². The first-order valence-electron chi connectivity index (χ1n) is 5.94. The van der Waals surface area contributed by atoms with Crippen LogP contribution in [0.4, 0.5) is 0 Å². The fourth-order valence-corrected chi connectivity index (χ4v) is 2.47. The lowest BCUT2D eigenvalue weighted by Crippen LogP contribution is -2.26. The molecule has 0 aromatic heterocycles. The molecule has 3 nitrogen and oxygen atoms in total. The van der Waals surface area contributed by atoms with Crippen molar-refractivity contribution in [1.82, 2.24) is 0 Å². The normalized spacial score (nSPS) is 19.6. The van der Waals surface area contributed by atoms with Crippen molar-refractivity contribution in [2.24, 2.45) is 0 Å². The zero-order valence-electron chi connectivity index (χ0n) is 9.89. The van der Waals surface area contributed by atoms with E-state index in [4.69, 9.17) is 9.47 Å². The number of hydrogen-bond donors (Lipinski definition) is 1. The second-order valence-electron chi connectivity index (χ2n) is 4.25. The second-order valence-corrected chi connectivity index (χ2v) is 5.62. The summed E-state index contributed by atoms with van der Waals surface area (Å²) in [6, 6.07) is 5.29. The maximum atomic E-state index is 11.9. The SMILES string of the molecule is O=C(OCC1CCCCO1)c1cc(S)ccc1Br. The van der Waals surface area contributed by atoms with Crippen LogP contribution in [0.15, 0.2) is 27.6 Å². The van der Waals surface area contributed by atoms with Crippen LogP contribution in [0.5, 0.6) is 0 Å². The van der Waals surface area contributed by atoms with Crippen LogP contribution in [0.25, 0.3) is 0 Å². The molecule has 0 N–H and O–H groups in total. The highest BCUT2D eigenvalue weighted by Gasteiger charge is 2.18. The molecule has 1 aliphatic heterocycles. The highest BCUT2D eigenvalue weighted by molar-refractivity contribution is 9.10. The summed E-state index contributed by atoms with van der Waals surface area (Å²) in [5.74, 6) is -0.341. The van der Waals surface area contributed by atoms with Crippen LogP contribution in [0, 0.1) is 0 Å². The van der Waals surface area contributed by atoms with Crippen LogP contribution in [0.3, 0.4) is 0 Å². The molecule has 0 amide bonds. The molecule has 1 aliphatic rings. The minimum absolute atomic E-state index is 0.0423. The smallest absolute Gasteiger partial charge is 0.339 e. The van der Waals surface area contributed by atoms with Crippen molar-refractivity contribution in [1.29, 1.82) is 0 Å². The van der Waals surface area contributed by atoms with Gasteiger partial charge in [-0.15, -0.1) is 12.6 Å². The Morgan fingerprint density at radius 1 is 1.50 bits per heavy atom. The molecule has 98 valence electrons. The van der Waals surface area contributed by atoms with Crippen LogP contribution < -0.4 is 0 Å². The first-order chi connectivity index (χ1) is 8.66. The number of ether oxygens (including phenoxy) is 2. The zero-order chi connectivity index (χ0) is 13.0. The number of benzene rings is 1. The number of carbonyl (C=O) groups is 1. The van der Waals surface area contributed by atoms with Gasteiger partial charge in [0.05, 0.1) is 11.7 Å². The molecule has 2 rings (SSSR count). The number of thiol groups is 1. The molecule has 1 saturated heterocycles. The third-order valence-corrected chi connectivity index (χ3v) is 3.81. The average Bonchev–Trinajstić information content (AvgIpc) is 2.40. The monoisotopic (exact) mass is 330 g/mol. The van der Waals surface area contributed by atoms with E-state index in [0.29, 0.717) is 12.2 Å². The quantitative estimate of drug-likeness (QED) is 0.681. The van der Waals surface area contributed by atoms with Gasteiger partial charge >= 0.3 is 5.97 Å². The topological polar surface area (TPSA) is 35.5 Å². The van der Waals surface area contributed by atoms with Crippen molar-refractivity contribution in [2.45, 2.75) is 30.3 Å². The number of carbonyl (C=O) groups excluding carboxylic acids is 1. The van der Waals surface area contributed by atoms with E-state index in [-0.39, 0.29) is 12.1 Å². The van der Waals surface area contributed by atoms with Crippen LogP contribution in [0.2, 0.25) is 0 Å². The van der Waals surface area contributed by atoms with E-state index in [1.54, 1.807) is 12.1 Å². The summed E-state index contributed by atoms with van der Waals surface area (Å²) in [4.78, 5) is 12.7. The molecule has 18 heavy (non-hydrogen) atoms. The lowest BCUT2D eigenvalue weighted by Gasteiger charge is -2.22. The van der Waals surface area contributed by atoms with Crippen LogP contribution in [0.1, 0.15) is 29.6 Å². The summed E-state index contributed by atoms with van der Waals surface area (Å²) in [6.07, 6.45) is 3.23. The molecule has 1 atom stereocenters. The molecule has 1 fully saturated rings. The van der Waals surface area contributed by atoms with Gasteiger partial charge in [0.2, 0.25) is 0 Å². The Morgan fingerprint density at radius 2 is 2.33 bits per heavy atom. The fourth-order valence-electron chi connectivity index (χ4n) is 1.85. The van der Waals surface area contributed by atoms with Gasteiger partial charge in [0, 0.05) is 16.0 Å². The van der Waals surface area contributed by atoms with E-state index in [2.05, 4.69) is 28.6 Å². The van der Waals surface area contributed by atoms with Gasteiger partial charge in [0.25, 0.3) is 0 Å². The number of rotatable bonds is 3. The zero-order valence-corrected chi connectivity index (χ0v) is 12.4. The van der Waals surface area contributed by atoms with Gasteiger partial charge in [-0.1, -0.05) is 0 Å². The Hall–Kier alpha value is -0.520. The van der Waals surface area contributed by atoms with Crippen molar-refractivity contribution in [3.05, 3.63) is 28.2 Å². The maximum Gasteiger partial charge on any atom is 0.339 e. The molecule has 5 heteroatoms. The van der Waals surface area contributed by atoms with E-state index in [1.807, 2.05) is 6.07 Å². The van der Waals surface area contributed by atoms with Gasteiger partial charge in [0.15, 0.2) is 0 Å². The molecule has 0 spiro atoms. The summed E-state index contributed by atoms with van der Waals surface area (Å²) < 4.78 is 11.5. The minimum atomic E-state index is -0.341. The Bertz CT molecular complexity index is 430. The minimum Gasteiger partial charge on any atom is -0.459 e. The molecule has 1 heterocycles. The first-order valence-corrected chi connectivity index (χ1v) is 7.18. The van der Waals surface area contributed by atoms with Crippen molar-refractivity contribution in [3.63, 3.8) is 0 Å². The van der Waals surface area contributed by atoms with Gasteiger partial charge in [-0.3, -0.25) is 0 Å². The third kappa shape index (κ3) is 3.73. The first kappa shape index (κ1) is 13.9. The summed E-state index contributed by atoms with van der Waals surface area (Å²) in [5, 5.41) is 0. The molecule has 0 bridgehead atoms. The van der Waals surface area contributed by atoms with Gasteiger partial charge < -0.3 is 9.47 Å². The Labute approximate surface area is 120 Å². The lowest BCUT2D eigenvalue weighted by atomic mass is 10.1. The summed E-state index contributed by atoms with van der Waals surface area (Å²) in [6.45, 7) is 1.08. The number of hydrogen-bond acceptors (Lipinski definition) is 4. The summed E-state index contributed by atoms with van der Waals surface area (Å²) >= 11 is 7.54. The van der Waals surface area contributed by atoms with E-state index < -0.39 is 0 Å². The molecule has 0 aliphatic carbocycles. The van der Waals surface area contributed by atoms with E-state index >= 15 is 0 Å². The number of halogens is 1. The molecule has 1 aromatic carbocycles. The summed E-state index contributed by atoms with van der Waals surface area (Å²) in [5.41, 5.74) is 0.498. The van der Waals surface area contributed by atoms with Crippen LogP contribution >= 0.6 is 28.6 Å². The van der Waals surface area contributed by atoms with Crippen molar-refractivity contribution in [3.8, 4) is 0 Å². The molecular formula is C13H15BrO3S. The average molecular weight is 331 g/mol. The number of esters is 1. The van der Waals surface area contributed by atoms with Crippen molar-refractivity contribution in [2.75, 3.05) is 13.2 Å². The molecular weight excluding hydrogens is 316 g/mol. The molecule has 1 aromatic rings. The molecule has 0 radical (unpaired) electrons. The lowest BCUT2D eigenvalue weighted by molar-refractivity contribution is -0.0300. The van der Waals surface area contributed by atoms with Gasteiger partial charge in [-0.05, 0) is 53.4 Å². The Kier molecular flexibility index (Phi) is 5.09. The van der Waals surface area contributed by atoms with E-state index in [0.717, 1.165) is 35.2 Å². The van der Waals surface area contributed by atoms with Gasteiger partial charge in [-0.25, -0.2) is 4.79 Å². The van der Waals surface area contributed by atoms with Gasteiger partial charge in [0.1, 0.15) is 6.61 Å². The molecule has 0 saturated carbocycles. The Morgan fingerprint density at radius 3 is 3.06 bits per heavy atom. The largest absolute Gasteiger partial charge is 0.459 e. The Balaban J connectivity index is 1.92. The molecule has 1 unspecified atom stereocenters. The predicted octanol–water partition coefficient (Wildman–Crippen LogP) is 3.46. The van der Waals surface area contributed by atoms with Crippen LogP contribution in [-0.2, 0) is 9.47 Å². The maximum absolute atomic E-state index is 11.9. The summed E-state index contributed by atoms with van der Waals surface area (Å²) in [7, 11) is 0. The van der Waals surface area contributed by atoms with Gasteiger partial charge in [-0.2, -0.15) is 0 Å². The second kappa shape index (κ2) is 6.59.